The maximum atomic E-state index is 11.1. The Morgan fingerprint density at radius 2 is 2.00 bits per heavy atom. The van der Waals surface area contributed by atoms with Gasteiger partial charge in [0.15, 0.2) is 5.75 Å². The summed E-state index contributed by atoms with van der Waals surface area (Å²) in [5, 5.41) is 2.69. The number of aromatic nitrogens is 1. The van der Waals surface area contributed by atoms with Crippen LogP contribution >= 0.6 is 0 Å². The number of carbonyl (C=O) groups excluding carboxylic acids is 1. The van der Waals surface area contributed by atoms with Gasteiger partial charge in [0.05, 0.1) is 5.69 Å². The van der Waals surface area contributed by atoms with E-state index in [9.17, 15) is 4.79 Å². The molecule has 1 amide bonds. The zero-order valence-corrected chi connectivity index (χ0v) is 10.4. The van der Waals surface area contributed by atoms with E-state index in [1.54, 1.807) is 30.3 Å². The average molecular weight is 258 g/mol. The maximum absolute atomic E-state index is 11.1. The largest absolute Gasteiger partial charge is 0.437 e. The van der Waals surface area contributed by atoms with Crippen LogP contribution in [0.15, 0.2) is 42.5 Å². The molecule has 6 heteroatoms. The Kier molecular flexibility index (Phi) is 3.94. The number of benzene rings is 1. The van der Waals surface area contributed by atoms with Gasteiger partial charge in [-0.25, -0.2) is 5.84 Å². The summed E-state index contributed by atoms with van der Waals surface area (Å²) < 4.78 is 5.63. The molecular formula is C13H14N4O2. The van der Waals surface area contributed by atoms with Crippen molar-refractivity contribution in [1.29, 1.82) is 0 Å². The van der Waals surface area contributed by atoms with Crippen molar-refractivity contribution in [2.45, 2.75) is 6.92 Å². The second-order valence-corrected chi connectivity index (χ2v) is 3.78. The number of hydrogen-bond donors (Lipinski definition) is 3. The first-order valence-corrected chi connectivity index (χ1v) is 5.67. The number of nitrogens with one attached hydrogen (secondary N) is 2. The van der Waals surface area contributed by atoms with Gasteiger partial charge in [0.2, 0.25) is 11.8 Å². The molecule has 0 saturated heterocycles. The highest BCUT2D eigenvalue weighted by atomic mass is 16.5. The predicted molar refractivity (Wildman–Crippen MR) is 72.9 cm³/mol. The number of hydrogen-bond acceptors (Lipinski definition) is 5. The minimum atomic E-state index is -0.165. The summed E-state index contributed by atoms with van der Waals surface area (Å²) in [6.45, 7) is 1.44. The number of anilines is 2. The van der Waals surface area contributed by atoms with Crippen LogP contribution in [0.2, 0.25) is 0 Å². The van der Waals surface area contributed by atoms with E-state index in [4.69, 9.17) is 10.6 Å². The lowest BCUT2D eigenvalue weighted by atomic mass is 10.3. The summed E-state index contributed by atoms with van der Waals surface area (Å²) in [6.07, 6.45) is 0. The van der Waals surface area contributed by atoms with Crippen LogP contribution in [-0.4, -0.2) is 10.9 Å². The molecule has 0 bridgehead atoms. The van der Waals surface area contributed by atoms with Crippen LogP contribution in [0.4, 0.5) is 11.5 Å². The molecule has 0 fully saturated rings. The standard InChI is InChI=1S/C13H14N4O2/c1-9(18)15-10-5-2-3-6-11(10)19-13-8-4-7-12(16-13)17-14/h2-8H,14H2,1H3,(H,15,18)(H,16,17). The number of hydrazine groups is 1. The molecule has 6 nitrogen and oxygen atoms in total. The van der Waals surface area contributed by atoms with E-state index in [2.05, 4.69) is 15.7 Å². The molecule has 19 heavy (non-hydrogen) atoms. The van der Waals surface area contributed by atoms with Gasteiger partial charge in [-0.1, -0.05) is 18.2 Å². The van der Waals surface area contributed by atoms with E-state index in [0.29, 0.717) is 23.1 Å². The van der Waals surface area contributed by atoms with Gasteiger partial charge >= 0.3 is 0 Å². The van der Waals surface area contributed by atoms with E-state index in [-0.39, 0.29) is 5.91 Å². The smallest absolute Gasteiger partial charge is 0.221 e. The monoisotopic (exact) mass is 258 g/mol. The van der Waals surface area contributed by atoms with Crippen LogP contribution in [0.3, 0.4) is 0 Å². The van der Waals surface area contributed by atoms with Gasteiger partial charge in [-0.05, 0) is 18.2 Å². The van der Waals surface area contributed by atoms with Crippen LogP contribution in [0.5, 0.6) is 11.6 Å². The Labute approximate surface area is 110 Å². The molecule has 0 saturated carbocycles. The molecule has 0 atom stereocenters. The summed E-state index contributed by atoms with van der Waals surface area (Å²) in [5.74, 6) is 6.51. The molecule has 0 unspecified atom stereocenters. The first-order valence-electron chi connectivity index (χ1n) is 5.67. The summed E-state index contributed by atoms with van der Waals surface area (Å²) >= 11 is 0. The van der Waals surface area contributed by atoms with E-state index < -0.39 is 0 Å². The first kappa shape index (κ1) is 12.8. The highest BCUT2D eigenvalue weighted by Crippen LogP contribution is 2.28. The van der Waals surface area contributed by atoms with Crippen molar-refractivity contribution in [2.75, 3.05) is 10.7 Å². The molecule has 1 aromatic carbocycles. The minimum absolute atomic E-state index is 0.165. The molecule has 98 valence electrons. The Hall–Kier alpha value is -2.60. The Balaban J connectivity index is 2.24. The number of para-hydroxylation sites is 2. The van der Waals surface area contributed by atoms with Crippen molar-refractivity contribution >= 4 is 17.4 Å². The average Bonchev–Trinajstić information content (AvgIpc) is 2.41. The molecule has 2 rings (SSSR count). The quantitative estimate of drug-likeness (QED) is 0.577. The zero-order valence-electron chi connectivity index (χ0n) is 10.4. The minimum Gasteiger partial charge on any atom is -0.437 e. The maximum Gasteiger partial charge on any atom is 0.221 e. The number of rotatable bonds is 4. The first-order chi connectivity index (χ1) is 9.19. The third kappa shape index (κ3) is 3.43. The third-order valence-electron chi connectivity index (χ3n) is 2.28. The molecule has 1 aromatic heterocycles. The van der Waals surface area contributed by atoms with E-state index in [1.165, 1.54) is 6.92 Å². The van der Waals surface area contributed by atoms with Crippen LogP contribution in [0.25, 0.3) is 0 Å². The molecule has 4 N–H and O–H groups in total. The molecule has 0 aliphatic carbocycles. The van der Waals surface area contributed by atoms with Crippen molar-refractivity contribution in [2.24, 2.45) is 5.84 Å². The van der Waals surface area contributed by atoms with Gasteiger partial charge in [-0.3, -0.25) is 4.79 Å². The van der Waals surface area contributed by atoms with Crippen molar-refractivity contribution in [3.63, 3.8) is 0 Å². The Morgan fingerprint density at radius 3 is 2.74 bits per heavy atom. The summed E-state index contributed by atoms with van der Waals surface area (Å²) in [7, 11) is 0. The highest BCUT2D eigenvalue weighted by Gasteiger charge is 2.06. The highest BCUT2D eigenvalue weighted by molar-refractivity contribution is 5.90. The number of amides is 1. The molecule has 0 radical (unpaired) electrons. The molecule has 0 aliphatic heterocycles. The summed E-state index contributed by atoms with van der Waals surface area (Å²) in [5.41, 5.74) is 3.03. The van der Waals surface area contributed by atoms with E-state index in [0.717, 1.165) is 0 Å². The van der Waals surface area contributed by atoms with Crippen molar-refractivity contribution in [3.8, 4) is 11.6 Å². The van der Waals surface area contributed by atoms with Crippen molar-refractivity contribution < 1.29 is 9.53 Å². The Morgan fingerprint density at radius 1 is 1.21 bits per heavy atom. The fourth-order valence-electron chi connectivity index (χ4n) is 1.51. The number of nitrogens with two attached hydrogens (primary N) is 1. The van der Waals surface area contributed by atoms with Gasteiger partial charge in [0.25, 0.3) is 0 Å². The van der Waals surface area contributed by atoms with Crippen LogP contribution in [0, 0.1) is 0 Å². The van der Waals surface area contributed by atoms with Crippen LogP contribution in [-0.2, 0) is 4.79 Å². The lowest BCUT2D eigenvalue weighted by Gasteiger charge is -2.11. The normalized spacial score (nSPS) is 9.79. The van der Waals surface area contributed by atoms with Gasteiger partial charge in [0, 0.05) is 13.0 Å². The summed E-state index contributed by atoms with van der Waals surface area (Å²) in [4.78, 5) is 15.2. The topological polar surface area (TPSA) is 89.3 Å². The number of nitrogens with zero attached hydrogens (tertiary/aromatic N) is 1. The number of nitrogen functional groups attached to an aromatic ring is 1. The fraction of sp³-hybridized carbons (Fsp3) is 0.0769. The molecular weight excluding hydrogens is 244 g/mol. The number of ether oxygens (including phenoxy) is 1. The van der Waals surface area contributed by atoms with E-state index >= 15 is 0 Å². The second-order valence-electron chi connectivity index (χ2n) is 3.78. The summed E-state index contributed by atoms with van der Waals surface area (Å²) in [6, 6.07) is 12.3. The second kappa shape index (κ2) is 5.83. The Bertz CT molecular complexity index is 586. The third-order valence-corrected chi connectivity index (χ3v) is 2.28. The van der Waals surface area contributed by atoms with Crippen molar-refractivity contribution in [3.05, 3.63) is 42.5 Å². The molecule has 2 aromatic rings. The number of carbonyl (C=O) groups is 1. The lowest BCUT2D eigenvalue weighted by molar-refractivity contribution is -0.114. The van der Waals surface area contributed by atoms with Crippen LogP contribution in [0.1, 0.15) is 6.92 Å². The molecule has 0 aliphatic rings. The predicted octanol–water partition coefficient (Wildman–Crippen LogP) is 2.12. The van der Waals surface area contributed by atoms with Gasteiger partial charge < -0.3 is 15.5 Å². The SMILES string of the molecule is CC(=O)Nc1ccccc1Oc1cccc(NN)n1. The van der Waals surface area contributed by atoms with Crippen LogP contribution < -0.4 is 21.3 Å². The van der Waals surface area contributed by atoms with Gasteiger partial charge in [0.1, 0.15) is 5.82 Å². The van der Waals surface area contributed by atoms with E-state index in [1.807, 2.05) is 12.1 Å². The van der Waals surface area contributed by atoms with Crippen molar-refractivity contribution in [1.82, 2.24) is 4.98 Å². The zero-order chi connectivity index (χ0) is 13.7. The molecule has 1 heterocycles. The molecule has 0 spiro atoms. The van der Waals surface area contributed by atoms with Gasteiger partial charge in [-0.2, -0.15) is 4.98 Å². The lowest BCUT2D eigenvalue weighted by Crippen LogP contribution is -2.09. The van der Waals surface area contributed by atoms with Gasteiger partial charge in [-0.15, -0.1) is 0 Å². The number of pyridine rings is 1. The fourth-order valence-corrected chi connectivity index (χ4v) is 1.51.